The Labute approximate surface area is 152 Å². The molecule has 1 N–H and O–H groups in total. The third kappa shape index (κ3) is 2.83. The standard InChI is InChI=1S/C16H14Cl2N4OS/c17-10-6-5-9(12(18)7-10)8-24-16-21-20-15-19-14(23)11-3-1-2-4-13(11)22(15)16/h5-7H,1-4,8H2,(H,19,20,23). The highest BCUT2D eigenvalue weighted by Gasteiger charge is 2.20. The molecule has 2 heterocycles. The van der Waals surface area contributed by atoms with Crippen LogP contribution in [0.3, 0.4) is 0 Å². The van der Waals surface area contributed by atoms with E-state index in [2.05, 4.69) is 15.2 Å². The lowest BCUT2D eigenvalue weighted by atomic mass is 9.97. The molecule has 0 unspecified atom stereocenters. The number of hydrogen-bond donors (Lipinski definition) is 1. The molecule has 1 aliphatic carbocycles. The lowest BCUT2D eigenvalue weighted by molar-refractivity contribution is 0.639. The van der Waals surface area contributed by atoms with Gasteiger partial charge in [0.15, 0.2) is 5.16 Å². The second kappa shape index (κ2) is 6.43. The topological polar surface area (TPSA) is 63.0 Å². The van der Waals surface area contributed by atoms with Gasteiger partial charge in [0.25, 0.3) is 5.56 Å². The summed E-state index contributed by atoms with van der Waals surface area (Å²) in [6.45, 7) is 0. The van der Waals surface area contributed by atoms with Crippen LogP contribution < -0.4 is 5.56 Å². The first-order valence-electron chi connectivity index (χ1n) is 7.69. The van der Waals surface area contributed by atoms with E-state index in [1.807, 2.05) is 16.5 Å². The number of nitrogens with zero attached hydrogens (tertiary/aromatic N) is 3. The van der Waals surface area contributed by atoms with Crippen molar-refractivity contribution < 1.29 is 0 Å². The summed E-state index contributed by atoms with van der Waals surface area (Å²) in [5.74, 6) is 1.16. The van der Waals surface area contributed by atoms with Crippen molar-refractivity contribution in [3.63, 3.8) is 0 Å². The lowest BCUT2D eigenvalue weighted by Gasteiger charge is -2.16. The Balaban J connectivity index is 1.71. The number of fused-ring (bicyclic) bond motifs is 3. The number of thioether (sulfide) groups is 1. The van der Waals surface area contributed by atoms with E-state index >= 15 is 0 Å². The van der Waals surface area contributed by atoms with Crippen LogP contribution in [0.5, 0.6) is 0 Å². The van der Waals surface area contributed by atoms with Crippen molar-refractivity contribution in [2.24, 2.45) is 0 Å². The van der Waals surface area contributed by atoms with Gasteiger partial charge in [0, 0.05) is 27.1 Å². The minimum Gasteiger partial charge on any atom is -0.290 e. The van der Waals surface area contributed by atoms with E-state index < -0.39 is 0 Å². The molecule has 5 nitrogen and oxygen atoms in total. The molecule has 0 bridgehead atoms. The summed E-state index contributed by atoms with van der Waals surface area (Å²) in [6, 6.07) is 5.48. The Morgan fingerprint density at radius 1 is 1.21 bits per heavy atom. The van der Waals surface area contributed by atoms with Gasteiger partial charge in [-0.3, -0.25) is 14.2 Å². The van der Waals surface area contributed by atoms with Gasteiger partial charge < -0.3 is 0 Å². The normalized spacial score (nSPS) is 14.1. The predicted octanol–water partition coefficient (Wildman–Crippen LogP) is 3.90. The second-order valence-electron chi connectivity index (χ2n) is 5.75. The van der Waals surface area contributed by atoms with Crippen molar-refractivity contribution in [3.05, 3.63) is 55.4 Å². The molecule has 8 heteroatoms. The molecule has 0 fully saturated rings. The summed E-state index contributed by atoms with van der Waals surface area (Å²) < 4.78 is 1.98. The fourth-order valence-corrected chi connectivity index (χ4v) is 4.54. The third-order valence-corrected chi connectivity index (χ3v) is 5.78. The fraction of sp³-hybridized carbons (Fsp3) is 0.312. The number of halogens is 2. The molecule has 3 aromatic rings. The molecule has 4 rings (SSSR count). The van der Waals surface area contributed by atoms with E-state index in [4.69, 9.17) is 23.2 Å². The first-order valence-corrected chi connectivity index (χ1v) is 9.43. The summed E-state index contributed by atoms with van der Waals surface area (Å²) in [7, 11) is 0. The van der Waals surface area contributed by atoms with Crippen molar-refractivity contribution in [2.75, 3.05) is 0 Å². The predicted molar refractivity (Wildman–Crippen MR) is 96.3 cm³/mol. The van der Waals surface area contributed by atoms with E-state index in [0.29, 0.717) is 21.6 Å². The van der Waals surface area contributed by atoms with Gasteiger partial charge in [-0.15, -0.1) is 10.2 Å². The van der Waals surface area contributed by atoms with Crippen molar-refractivity contribution >= 4 is 40.7 Å². The number of rotatable bonds is 3. The smallest absolute Gasteiger partial charge is 0.255 e. The molecule has 124 valence electrons. The summed E-state index contributed by atoms with van der Waals surface area (Å²) >= 11 is 13.7. The number of H-pyrrole nitrogens is 1. The van der Waals surface area contributed by atoms with Crippen molar-refractivity contribution in [1.82, 2.24) is 19.6 Å². The van der Waals surface area contributed by atoms with Gasteiger partial charge >= 0.3 is 0 Å². The average molecular weight is 381 g/mol. The summed E-state index contributed by atoms with van der Waals surface area (Å²) in [6.07, 6.45) is 3.82. The highest BCUT2D eigenvalue weighted by molar-refractivity contribution is 7.98. The van der Waals surface area contributed by atoms with E-state index in [0.717, 1.165) is 47.7 Å². The first-order chi connectivity index (χ1) is 11.6. The van der Waals surface area contributed by atoms with Crippen molar-refractivity contribution in [1.29, 1.82) is 0 Å². The zero-order valence-corrected chi connectivity index (χ0v) is 15.0. The van der Waals surface area contributed by atoms with Gasteiger partial charge in [-0.25, -0.2) is 0 Å². The van der Waals surface area contributed by atoms with Crippen LogP contribution in [0, 0.1) is 0 Å². The van der Waals surface area contributed by atoms with Crippen LogP contribution in [0.2, 0.25) is 10.0 Å². The molecule has 0 atom stereocenters. The quantitative estimate of drug-likeness (QED) is 0.699. The van der Waals surface area contributed by atoms with Crippen LogP contribution in [-0.2, 0) is 18.6 Å². The van der Waals surface area contributed by atoms with Crippen LogP contribution >= 0.6 is 35.0 Å². The maximum Gasteiger partial charge on any atom is 0.255 e. The van der Waals surface area contributed by atoms with Gasteiger partial charge in [-0.05, 0) is 43.4 Å². The number of aromatic amines is 1. The maximum atomic E-state index is 12.2. The molecule has 0 radical (unpaired) electrons. The van der Waals surface area contributed by atoms with Crippen LogP contribution in [0.4, 0.5) is 0 Å². The van der Waals surface area contributed by atoms with Gasteiger partial charge in [-0.1, -0.05) is 41.0 Å². The molecule has 0 saturated carbocycles. The summed E-state index contributed by atoms with van der Waals surface area (Å²) in [5, 5.41) is 10.4. The van der Waals surface area contributed by atoms with Crippen LogP contribution in [0.15, 0.2) is 28.2 Å². The van der Waals surface area contributed by atoms with Crippen molar-refractivity contribution in [2.45, 2.75) is 36.6 Å². The molecular weight excluding hydrogens is 367 g/mol. The Morgan fingerprint density at radius 2 is 2.04 bits per heavy atom. The van der Waals surface area contributed by atoms with Gasteiger partial charge in [0.1, 0.15) is 0 Å². The Kier molecular flexibility index (Phi) is 4.28. The summed E-state index contributed by atoms with van der Waals surface area (Å²) in [5.41, 5.74) is 2.85. The van der Waals surface area contributed by atoms with E-state index in [-0.39, 0.29) is 5.56 Å². The molecular formula is C16H14Cl2N4OS. The van der Waals surface area contributed by atoms with Crippen molar-refractivity contribution in [3.8, 4) is 0 Å². The van der Waals surface area contributed by atoms with E-state index in [1.165, 1.54) is 0 Å². The largest absolute Gasteiger partial charge is 0.290 e. The zero-order chi connectivity index (χ0) is 16.7. The first kappa shape index (κ1) is 16.0. The monoisotopic (exact) mass is 380 g/mol. The van der Waals surface area contributed by atoms with Crippen LogP contribution in [0.25, 0.3) is 5.78 Å². The number of aromatic nitrogens is 4. The molecule has 24 heavy (non-hydrogen) atoms. The highest BCUT2D eigenvalue weighted by atomic mass is 35.5. The van der Waals surface area contributed by atoms with E-state index in [1.54, 1.807) is 17.8 Å². The molecule has 0 aliphatic heterocycles. The van der Waals surface area contributed by atoms with Gasteiger partial charge in [-0.2, -0.15) is 0 Å². The molecule has 2 aromatic heterocycles. The Morgan fingerprint density at radius 3 is 2.88 bits per heavy atom. The SMILES string of the molecule is O=c1[nH]c2nnc(SCc3ccc(Cl)cc3Cl)n2c2c1CCCC2. The third-order valence-electron chi connectivity index (χ3n) is 4.21. The minimum atomic E-state index is -0.0399. The molecule has 0 saturated heterocycles. The summed E-state index contributed by atoms with van der Waals surface area (Å²) in [4.78, 5) is 15.0. The number of nitrogens with one attached hydrogen (secondary N) is 1. The number of benzene rings is 1. The molecule has 0 amide bonds. The molecule has 1 aliphatic rings. The van der Waals surface area contributed by atoms with Gasteiger partial charge in [0.05, 0.1) is 0 Å². The number of aryl methyl sites for hydroxylation is 1. The maximum absolute atomic E-state index is 12.2. The minimum absolute atomic E-state index is 0.0399. The van der Waals surface area contributed by atoms with Gasteiger partial charge in [0.2, 0.25) is 5.78 Å². The Bertz CT molecular complexity index is 982. The fourth-order valence-electron chi connectivity index (χ4n) is 3.03. The number of hydrogen-bond acceptors (Lipinski definition) is 4. The highest BCUT2D eigenvalue weighted by Crippen LogP contribution is 2.29. The average Bonchev–Trinajstić information content (AvgIpc) is 2.97. The van der Waals surface area contributed by atoms with Crippen LogP contribution in [-0.4, -0.2) is 19.6 Å². The molecule has 1 aromatic carbocycles. The molecule has 0 spiro atoms. The lowest BCUT2D eigenvalue weighted by Crippen LogP contribution is -2.22. The second-order valence-corrected chi connectivity index (χ2v) is 7.54. The van der Waals surface area contributed by atoms with Crippen LogP contribution in [0.1, 0.15) is 29.7 Å². The Hall–Kier alpha value is -1.50. The zero-order valence-electron chi connectivity index (χ0n) is 12.7. The van der Waals surface area contributed by atoms with E-state index in [9.17, 15) is 4.79 Å².